The molecule has 4 heteroatoms. The lowest BCUT2D eigenvalue weighted by molar-refractivity contribution is -0.121. The molecule has 0 fully saturated rings. The van der Waals surface area contributed by atoms with Gasteiger partial charge in [0.1, 0.15) is 0 Å². The summed E-state index contributed by atoms with van der Waals surface area (Å²) < 4.78 is 2.34. The number of amides is 1. The Labute approximate surface area is 174 Å². The van der Waals surface area contributed by atoms with Gasteiger partial charge in [-0.1, -0.05) is 55.5 Å². The number of nitrogens with zero attached hydrogens (tertiary/aromatic N) is 2. The van der Waals surface area contributed by atoms with Crippen molar-refractivity contribution in [2.45, 2.75) is 39.2 Å². The maximum absolute atomic E-state index is 12.8. The van der Waals surface area contributed by atoms with Gasteiger partial charge in [0.25, 0.3) is 0 Å². The molecule has 0 unspecified atom stereocenters. The highest BCUT2D eigenvalue weighted by Gasteiger charge is 2.23. The molecule has 29 heavy (non-hydrogen) atoms. The Morgan fingerprint density at radius 1 is 1.07 bits per heavy atom. The van der Waals surface area contributed by atoms with E-state index >= 15 is 0 Å². The van der Waals surface area contributed by atoms with Crippen LogP contribution in [-0.2, 0) is 17.8 Å². The number of hydrogen-bond acceptors (Lipinski definition) is 2. The molecule has 0 saturated heterocycles. The van der Waals surface area contributed by atoms with Crippen LogP contribution < -0.4 is 5.32 Å². The first-order chi connectivity index (χ1) is 14.0. The van der Waals surface area contributed by atoms with Gasteiger partial charge in [-0.05, 0) is 44.1 Å². The van der Waals surface area contributed by atoms with E-state index in [1.807, 2.05) is 20.2 Å². The quantitative estimate of drug-likeness (QED) is 0.586. The highest BCUT2D eigenvalue weighted by Crippen LogP contribution is 2.36. The van der Waals surface area contributed by atoms with Crippen molar-refractivity contribution in [1.82, 2.24) is 14.8 Å². The summed E-state index contributed by atoms with van der Waals surface area (Å²) in [6.07, 6.45) is 3.72. The third-order valence-corrected chi connectivity index (χ3v) is 5.58. The van der Waals surface area contributed by atoms with Crippen LogP contribution in [0.15, 0.2) is 54.7 Å². The maximum Gasteiger partial charge on any atom is 0.220 e. The molecular weight excluding hydrogens is 358 g/mol. The summed E-state index contributed by atoms with van der Waals surface area (Å²) in [5.41, 5.74) is 5.10. The summed E-state index contributed by atoms with van der Waals surface area (Å²) in [5, 5.41) is 4.35. The van der Waals surface area contributed by atoms with Crippen molar-refractivity contribution in [3.8, 4) is 0 Å². The monoisotopic (exact) mass is 391 g/mol. The van der Waals surface area contributed by atoms with Crippen molar-refractivity contribution in [1.29, 1.82) is 0 Å². The minimum atomic E-state index is 0.0398. The van der Waals surface area contributed by atoms with Crippen LogP contribution in [0.1, 0.15) is 42.9 Å². The van der Waals surface area contributed by atoms with Crippen molar-refractivity contribution in [2.24, 2.45) is 0 Å². The maximum atomic E-state index is 12.8. The number of para-hydroxylation sites is 1. The van der Waals surface area contributed by atoms with E-state index in [1.54, 1.807) is 0 Å². The van der Waals surface area contributed by atoms with Crippen molar-refractivity contribution in [2.75, 3.05) is 27.2 Å². The van der Waals surface area contributed by atoms with E-state index in [9.17, 15) is 4.79 Å². The van der Waals surface area contributed by atoms with Crippen LogP contribution in [-0.4, -0.2) is 42.6 Å². The van der Waals surface area contributed by atoms with E-state index in [-0.39, 0.29) is 11.8 Å². The lowest BCUT2D eigenvalue weighted by Gasteiger charge is -2.18. The lowest BCUT2D eigenvalue weighted by Crippen LogP contribution is -2.32. The van der Waals surface area contributed by atoms with Gasteiger partial charge in [-0.25, -0.2) is 0 Å². The van der Waals surface area contributed by atoms with Crippen molar-refractivity contribution >= 4 is 16.8 Å². The largest absolute Gasteiger partial charge is 0.355 e. The predicted molar refractivity (Wildman–Crippen MR) is 121 cm³/mol. The third kappa shape index (κ3) is 4.88. The molecule has 1 heterocycles. The molecule has 2 aromatic carbocycles. The minimum Gasteiger partial charge on any atom is -0.355 e. The number of fused-ring (bicyclic) bond motifs is 1. The fourth-order valence-corrected chi connectivity index (χ4v) is 4.05. The molecule has 0 aliphatic carbocycles. The fraction of sp³-hybridized carbons (Fsp3) is 0.400. The molecule has 1 amide bonds. The Balaban J connectivity index is 2.00. The van der Waals surface area contributed by atoms with E-state index in [1.165, 1.54) is 27.6 Å². The molecule has 154 valence electrons. The van der Waals surface area contributed by atoms with Crippen LogP contribution in [0.25, 0.3) is 10.9 Å². The number of nitrogens with one attached hydrogen (secondary N) is 1. The summed E-state index contributed by atoms with van der Waals surface area (Å²) in [4.78, 5) is 14.9. The van der Waals surface area contributed by atoms with Crippen LogP contribution in [0.5, 0.6) is 0 Å². The van der Waals surface area contributed by atoms with Crippen molar-refractivity contribution < 1.29 is 4.79 Å². The number of rotatable bonds is 9. The van der Waals surface area contributed by atoms with Gasteiger partial charge in [-0.15, -0.1) is 0 Å². The fourth-order valence-electron chi connectivity index (χ4n) is 4.05. The molecule has 1 aromatic heterocycles. The average Bonchev–Trinajstić information content (AvgIpc) is 3.11. The van der Waals surface area contributed by atoms with Gasteiger partial charge in [-0.3, -0.25) is 4.79 Å². The Hall–Kier alpha value is -2.59. The third-order valence-electron chi connectivity index (χ3n) is 5.58. The summed E-state index contributed by atoms with van der Waals surface area (Å²) in [6, 6.07) is 17.0. The zero-order chi connectivity index (χ0) is 20.8. The van der Waals surface area contributed by atoms with E-state index in [0.717, 1.165) is 19.5 Å². The number of likely N-dealkylation sites (N-methyl/N-ethyl adjacent to an activating group) is 1. The van der Waals surface area contributed by atoms with Gasteiger partial charge >= 0.3 is 0 Å². The number of hydrogen-bond donors (Lipinski definition) is 1. The highest BCUT2D eigenvalue weighted by atomic mass is 16.1. The average molecular weight is 392 g/mol. The first kappa shape index (κ1) is 21.1. The van der Waals surface area contributed by atoms with Gasteiger partial charge < -0.3 is 14.8 Å². The normalized spacial score (nSPS) is 12.4. The lowest BCUT2D eigenvalue weighted by atomic mass is 9.87. The summed E-state index contributed by atoms with van der Waals surface area (Å²) >= 11 is 0. The van der Waals surface area contributed by atoms with Crippen LogP contribution in [0.2, 0.25) is 0 Å². The number of aromatic nitrogens is 1. The van der Waals surface area contributed by atoms with Gasteiger partial charge in [0.05, 0.1) is 5.52 Å². The predicted octanol–water partition coefficient (Wildman–Crippen LogP) is 4.42. The molecule has 3 rings (SSSR count). The number of benzene rings is 2. The number of aryl methyl sites for hydroxylation is 2. The Morgan fingerprint density at radius 2 is 1.83 bits per heavy atom. The topological polar surface area (TPSA) is 37.3 Å². The van der Waals surface area contributed by atoms with Crippen LogP contribution in [0.4, 0.5) is 0 Å². The van der Waals surface area contributed by atoms with E-state index in [4.69, 9.17) is 0 Å². The standard InChI is InChI=1S/C25H33N3O/c1-5-19-13-10-14-21-23(18-28(6-2)25(19)21)22(20-11-8-7-9-12-20)17-24(29)26-15-16-27(3)4/h7-14,18,22H,5-6,15-17H2,1-4H3,(H,26,29)/t22-/m0/s1. The van der Waals surface area contributed by atoms with E-state index in [2.05, 4.69) is 77.3 Å². The molecule has 1 atom stereocenters. The molecule has 0 spiro atoms. The van der Waals surface area contributed by atoms with Gasteiger partial charge in [0, 0.05) is 43.6 Å². The van der Waals surface area contributed by atoms with Gasteiger partial charge in [-0.2, -0.15) is 0 Å². The zero-order valence-corrected chi connectivity index (χ0v) is 18.1. The van der Waals surface area contributed by atoms with Gasteiger partial charge in [0.15, 0.2) is 0 Å². The van der Waals surface area contributed by atoms with E-state index < -0.39 is 0 Å². The Bertz CT molecular complexity index is 943. The molecule has 0 aliphatic rings. The second kappa shape index (κ2) is 9.75. The molecule has 0 bridgehead atoms. The molecule has 0 saturated carbocycles. The molecule has 4 nitrogen and oxygen atoms in total. The van der Waals surface area contributed by atoms with Crippen molar-refractivity contribution in [3.05, 3.63) is 71.4 Å². The SMILES string of the molecule is CCc1cccc2c([C@@H](CC(=O)NCCN(C)C)c3ccccc3)cn(CC)c12. The molecule has 0 radical (unpaired) electrons. The second-order valence-electron chi connectivity index (χ2n) is 7.86. The first-order valence-electron chi connectivity index (χ1n) is 10.6. The van der Waals surface area contributed by atoms with Crippen LogP contribution in [0, 0.1) is 0 Å². The Morgan fingerprint density at radius 3 is 2.48 bits per heavy atom. The number of carbonyl (C=O) groups is 1. The zero-order valence-electron chi connectivity index (χ0n) is 18.1. The molecule has 3 aromatic rings. The molecule has 1 N–H and O–H groups in total. The highest BCUT2D eigenvalue weighted by molar-refractivity contribution is 5.89. The summed E-state index contributed by atoms with van der Waals surface area (Å²) in [6.45, 7) is 6.82. The van der Waals surface area contributed by atoms with Gasteiger partial charge in [0.2, 0.25) is 5.91 Å². The first-order valence-corrected chi connectivity index (χ1v) is 10.6. The minimum absolute atomic E-state index is 0.0398. The second-order valence-corrected chi connectivity index (χ2v) is 7.86. The van der Waals surface area contributed by atoms with Crippen molar-refractivity contribution in [3.63, 3.8) is 0 Å². The summed E-state index contributed by atoms with van der Waals surface area (Å²) in [5.74, 6) is 0.141. The smallest absolute Gasteiger partial charge is 0.220 e. The Kier molecular flexibility index (Phi) is 7.10. The summed E-state index contributed by atoms with van der Waals surface area (Å²) in [7, 11) is 4.04. The number of carbonyl (C=O) groups excluding carboxylic acids is 1. The molecular formula is C25H33N3O. The van der Waals surface area contributed by atoms with Crippen LogP contribution in [0.3, 0.4) is 0 Å². The molecule has 0 aliphatic heterocycles. The van der Waals surface area contributed by atoms with E-state index in [0.29, 0.717) is 13.0 Å². The van der Waals surface area contributed by atoms with Crippen LogP contribution >= 0.6 is 0 Å².